The van der Waals surface area contributed by atoms with Crippen molar-refractivity contribution in [1.82, 2.24) is 5.32 Å². The van der Waals surface area contributed by atoms with Crippen LogP contribution in [0.2, 0.25) is 0 Å². The van der Waals surface area contributed by atoms with Crippen molar-refractivity contribution in [3.8, 4) is 0 Å². The van der Waals surface area contributed by atoms with Crippen molar-refractivity contribution < 1.29 is 0 Å². The summed E-state index contributed by atoms with van der Waals surface area (Å²) in [4.78, 5) is 1.60. The molecule has 1 aromatic rings. The van der Waals surface area contributed by atoms with Crippen LogP contribution in [-0.4, -0.2) is 7.05 Å². The fraction of sp³-hybridized carbons (Fsp3) is 0.750. The van der Waals surface area contributed by atoms with Crippen molar-refractivity contribution in [3.05, 3.63) is 21.9 Å². The first-order valence-corrected chi connectivity index (χ1v) is 8.43. The molecule has 4 atom stereocenters. The molecule has 2 aliphatic rings. The van der Waals surface area contributed by atoms with E-state index in [1.807, 2.05) is 11.3 Å². The molecule has 1 nitrogen and oxygen atoms in total. The molecule has 2 bridgehead atoms. The topological polar surface area (TPSA) is 12.0 Å². The van der Waals surface area contributed by atoms with E-state index in [4.69, 9.17) is 0 Å². The molecule has 1 aromatic heterocycles. The van der Waals surface area contributed by atoms with Crippen LogP contribution in [0.4, 0.5) is 0 Å². The van der Waals surface area contributed by atoms with Gasteiger partial charge in [0, 0.05) is 10.9 Å². The molecule has 0 aromatic carbocycles. The molecule has 2 fully saturated rings. The summed E-state index contributed by atoms with van der Waals surface area (Å²) in [7, 11) is 2.14. The summed E-state index contributed by atoms with van der Waals surface area (Å²) >= 11 is 1.95. The van der Waals surface area contributed by atoms with Crippen molar-refractivity contribution in [3.63, 3.8) is 0 Å². The van der Waals surface area contributed by atoms with E-state index in [1.54, 1.807) is 10.4 Å². The highest BCUT2D eigenvalue weighted by Crippen LogP contribution is 2.51. The van der Waals surface area contributed by atoms with Gasteiger partial charge in [-0.1, -0.05) is 13.3 Å². The smallest absolute Gasteiger partial charge is 0.0417 e. The SMILES string of the molecule is CCc1ccsc1C(CC1CC2CCC1C2)NC. The molecular formula is C16H25NS. The van der Waals surface area contributed by atoms with Crippen molar-refractivity contribution in [1.29, 1.82) is 0 Å². The van der Waals surface area contributed by atoms with Crippen LogP contribution in [0.5, 0.6) is 0 Å². The highest BCUT2D eigenvalue weighted by atomic mass is 32.1. The Morgan fingerprint density at radius 1 is 1.39 bits per heavy atom. The van der Waals surface area contributed by atoms with E-state index in [-0.39, 0.29) is 0 Å². The Kier molecular flexibility index (Phi) is 3.76. The van der Waals surface area contributed by atoms with Gasteiger partial charge in [-0.05, 0) is 73.9 Å². The summed E-state index contributed by atoms with van der Waals surface area (Å²) in [5, 5.41) is 5.84. The first-order chi connectivity index (χ1) is 8.81. The van der Waals surface area contributed by atoms with Gasteiger partial charge in [-0.2, -0.15) is 0 Å². The summed E-state index contributed by atoms with van der Waals surface area (Å²) in [5.41, 5.74) is 1.56. The molecule has 2 saturated carbocycles. The van der Waals surface area contributed by atoms with Crippen LogP contribution < -0.4 is 5.32 Å². The first-order valence-electron chi connectivity index (χ1n) is 7.55. The molecule has 0 spiro atoms. The molecule has 0 radical (unpaired) electrons. The third-order valence-electron chi connectivity index (χ3n) is 5.25. The summed E-state index contributed by atoms with van der Waals surface area (Å²) in [6, 6.07) is 2.91. The lowest BCUT2D eigenvalue weighted by molar-refractivity contribution is 0.285. The average molecular weight is 263 g/mol. The maximum atomic E-state index is 3.58. The van der Waals surface area contributed by atoms with E-state index in [2.05, 4.69) is 30.7 Å². The van der Waals surface area contributed by atoms with Gasteiger partial charge in [-0.3, -0.25) is 0 Å². The van der Waals surface area contributed by atoms with Gasteiger partial charge in [0.25, 0.3) is 0 Å². The summed E-state index contributed by atoms with van der Waals surface area (Å²) in [6.07, 6.45) is 8.61. The lowest BCUT2D eigenvalue weighted by Gasteiger charge is -2.26. The fourth-order valence-corrected chi connectivity index (χ4v) is 5.39. The van der Waals surface area contributed by atoms with Crippen molar-refractivity contribution in [2.75, 3.05) is 7.05 Å². The lowest BCUT2D eigenvalue weighted by Crippen LogP contribution is -2.22. The molecule has 2 heteroatoms. The van der Waals surface area contributed by atoms with E-state index >= 15 is 0 Å². The molecule has 3 rings (SSSR count). The number of hydrogen-bond acceptors (Lipinski definition) is 2. The number of aryl methyl sites for hydroxylation is 1. The van der Waals surface area contributed by atoms with Gasteiger partial charge in [0.15, 0.2) is 0 Å². The van der Waals surface area contributed by atoms with Crippen LogP contribution in [0, 0.1) is 17.8 Å². The molecule has 1 heterocycles. The van der Waals surface area contributed by atoms with Gasteiger partial charge in [0.1, 0.15) is 0 Å². The standard InChI is InChI=1S/C16H25NS/c1-3-12-6-7-18-16(12)15(17-2)10-14-9-11-4-5-13(14)8-11/h6-7,11,13-15,17H,3-5,8-10H2,1-2H3. The number of thiophene rings is 1. The maximum Gasteiger partial charge on any atom is 0.0417 e. The normalized spacial score (nSPS) is 32.0. The summed E-state index contributed by atoms with van der Waals surface area (Å²) < 4.78 is 0. The summed E-state index contributed by atoms with van der Waals surface area (Å²) in [5.74, 6) is 3.12. The van der Waals surface area contributed by atoms with E-state index in [9.17, 15) is 0 Å². The predicted molar refractivity (Wildman–Crippen MR) is 79.1 cm³/mol. The Morgan fingerprint density at radius 3 is 2.89 bits per heavy atom. The quantitative estimate of drug-likeness (QED) is 0.830. The molecule has 1 N–H and O–H groups in total. The minimum Gasteiger partial charge on any atom is -0.312 e. The largest absolute Gasteiger partial charge is 0.312 e. The monoisotopic (exact) mass is 263 g/mol. The Labute approximate surface area is 115 Å². The van der Waals surface area contributed by atoms with E-state index in [0.29, 0.717) is 6.04 Å². The minimum atomic E-state index is 0.601. The highest BCUT2D eigenvalue weighted by molar-refractivity contribution is 7.10. The van der Waals surface area contributed by atoms with Crippen LogP contribution >= 0.6 is 11.3 Å². The number of rotatable bonds is 5. The predicted octanol–water partition coefficient (Wildman–Crippen LogP) is 4.40. The molecule has 18 heavy (non-hydrogen) atoms. The zero-order valence-electron chi connectivity index (χ0n) is 11.6. The highest BCUT2D eigenvalue weighted by Gasteiger charge is 2.40. The Balaban J connectivity index is 1.69. The molecule has 0 amide bonds. The van der Waals surface area contributed by atoms with Crippen LogP contribution in [0.25, 0.3) is 0 Å². The second-order valence-corrected chi connectivity index (χ2v) is 7.12. The zero-order valence-corrected chi connectivity index (χ0v) is 12.4. The van der Waals surface area contributed by atoms with Gasteiger partial charge in [-0.15, -0.1) is 11.3 Å². The number of nitrogens with one attached hydrogen (secondary N) is 1. The molecule has 2 aliphatic carbocycles. The Hall–Kier alpha value is -0.340. The zero-order chi connectivity index (χ0) is 12.5. The van der Waals surface area contributed by atoms with E-state index in [0.717, 1.165) is 17.8 Å². The van der Waals surface area contributed by atoms with Crippen molar-refractivity contribution in [2.45, 2.75) is 51.5 Å². The Bertz CT molecular complexity index is 398. The summed E-state index contributed by atoms with van der Waals surface area (Å²) in [6.45, 7) is 2.27. The van der Waals surface area contributed by atoms with Gasteiger partial charge in [-0.25, -0.2) is 0 Å². The maximum absolute atomic E-state index is 3.58. The van der Waals surface area contributed by atoms with Gasteiger partial charge < -0.3 is 5.32 Å². The van der Waals surface area contributed by atoms with Crippen LogP contribution in [0.1, 0.15) is 55.5 Å². The first kappa shape index (κ1) is 12.7. The third kappa shape index (κ3) is 2.25. The van der Waals surface area contributed by atoms with Gasteiger partial charge in [0.05, 0.1) is 0 Å². The second kappa shape index (κ2) is 5.34. The Morgan fingerprint density at radius 2 is 2.28 bits per heavy atom. The molecular weight excluding hydrogens is 238 g/mol. The minimum absolute atomic E-state index is 0.601. The second-order valence-electron chi connectivity index (χ2n) is 6.18. The van der Waals surface area contributed by atoms with Gasteiger partial charge >= 0.3 is 0 Å². The fourth-order valence-electron chi connectivity index (χ4n) is 4.27. The average Bonchev–Trinajstić information content (AvgIpc) is 3.10. The van der Waals surface area contributed by atoms with E-state index in [1.165, 1.54) is 38.5 Å². The molecule has 0 saturated heterocycles. The third-order valence-corrected chi connectivity index (χ3v) is 6.32. The number of hydrogen-bond donors (Lipinski definition) is 1. The van der Waals surface area contributed by atoms with Crippen LogP contribution in [-0.2, 0) is 6.42 Å². The van der Waals surface area contributed by atoms with Crippen LogP contribution in [0.15, 0.2) is 11.4 Å². The molecule has 100 valence electrons. The number of fused-ring (bicyclic) bond motifs is 2. The van der Waals surface area contributed by atoms with E-state index < -0.39 is 0 Å². The van der Waals surface area contributed by atoms with Crippen molar-refractivity contribution >= 4 is 11.3 Å². The molecule has 0 aliphatic heterocycles. The van der Waals surface area contributed by atoms with Crippen LogP contribution in [0.3, 0.4) is 0 Å². The lowest BCUT2D eigenvalue weighted by atomic mass is 9.83. The van der Waals surface area contributed by atoms with Gasteiger partial charge in [0.2, 0.25) is 0 Å². The molecule has 4 unspecified atom stereocenters. The van der Waals surface area contributed by atoms with Crippen molar-refractivity contribution in [2.24, 2.45) is 17.8 Å².